The highest BCUT2D eigenvalue weighted by Crippen LogP contribution is 2.28. The van der Waals surface area contributed by atoms with Gasteiger partial charge in [0.15, 0.2) is 5.78 Å². The number of hydrogen-bond acceptors (Lipinski definition) is 3. The van der Waals surface area contributed by atoms with Crippen LogP contribution in [0.3, 0.4) is 0 Å². The first-order valence-electron chi connectivity index (χ1n) is 4.82. The second kappa shape index (κ2) is 4.17. The normalized spacial score (nSPS) is 15.5. The molecule has 0 spiro atoms. The number of hydrogen-bond donors (Lipinski definition) is 0. The topological polar surface area (TPSA) is 35.5 Å². The molecule has 0 unspecified atom stereocenters. The number of benzene rings is 1. The molecule has 3 nitrogen and oxygen atoms in total. The van der Waals surface area contributed by atoms with Crippen molar-refractivity contribution in [1.82, 2.24) is 0 Å². The number of carbonyl (C=O) groups excluding carboxylic acids is 1. The van der Waals surface area contributed by atoms with Crippen LogP contribution in [0.15, 0.2) is 30.3 Å². The van der Waals surface area contributed by atoms with Crippen LogP contribution in [0.25, 0.3) is 5.76 Å². The van der Waals surface area contributed by atoms with Gasteiger partial charge in [0.1, 0.15) is 11.5 Å². The molecule has 0 atom stereocenters. The summed E-state index contributed by atoms with van der Waals surface area (Å²) in [5.41, 5.74) is 0.827. The zero-order valence-electron chi connectivity index (χ0n) is 8.53. The Kier molecular flexibility index (Phi) is 2.72. The summed E-state index contributed by atoms with van der Waals surface area (Å²) in [6.45, 7) is 0.447. The molecule has 0 saturated carbocycles. The molecular weight excluding hydrogens is 192 g/mol. The van der Waals surface area contributed by atoms with Crippen LogP contribution in [0.2, 0.25) is 0 Å². The number of allylic oxidation sites excluding steroid dienone is 1. The Bertz CT molecular complexity index is 407. The van der Waals surface area contributed by atoms with E-state index in [9.17, 15) is 4.79 Å². The maximum absolute atomic E-state index is 11.2. The lowest BCUT2D eigenvalue weighted by atomic mass is 10.1. The average Bonchev–Trinajstić information content (AvgIpc) is 2.29. The van der Waals surface area contributed by atoms with Gasteiger partial charge in [-0.1, -0.05) is 12.1 Å². The van der Waals surface area contributed by atoms with Gasteiger partial charge in [-0.2, -0.15) is 0 Å². The fourth-order valence-corrected chi connectivity index (χ4v) is 1.53. The number of ketones is 1. The van der Waals surface area contributed by atoms with Crippen LogP contribution in [0.1, 0.15) is 12.0 Å². The largest absolute Gasteiger partial charge is 0.496 e. The van der Waals surface area contributed by atoms with Gasteiger partial charge in [0.2, 0.25) is 0 Å². The molecular formula is C12H12O3. The van der Waals surface area contributed by atoms with Crippen molar-refractivity contribution in [2.75, 3.05) is 13.7 Å². The molecule has 15 heavy (non-hydrogen) atoms. The van der Waals surface area contributed by atoms with E-state index < -0.39 is 0 Å². The second-order valence-corrected chi connectivity index (χ2v) is 3.27. The van der Waals surface area contributed by atoms with Crippen LogP contribution in [-0.4, -0.2) is 19.5 Å². The van der Waals surface area contributed by atoms with E-state index in [2.05, 4.69) is 0 Å². The van der Waals surface area contributed by atoms with Gasteiger partial charge in [0.05, 0.1) is 19.3 Å². The van der Waals surface area contributed by atoms with Crippen molar-refractivity contribution >= 4 is 11.5 Å². The van der Waals surface area contributed by atoms with Gasteiger partial charge in [-0.3, -0.25) is 4.79 Å². The van der Waals surface area contributed by atoms with Gasteiger partial charge in [-0.15, -0.1) is 0 Å². The molecule has 78 valence electrons. The molecule has 2 rings (SSSR count). The third-order valence-corrected chi connectivity index (χ3v) is 2.27. The quantitative estimate of drug-likeness (QED) is 0.739. The van der Waals surface area contributed by atoms with E-state index in [0.717, 1.165) is 11.3 Å². The average molecular weight is 204 g/mol. The van der Waals surface area contributed by atoms with Gasteiger partial charge < -0.3 is 9.47 Å². The predicted molar refractivity (Wildman–Crippen MR) is 56.5 cm³/mol. The lowest BCUT2D eigenvalue weighted by Gasteiger charge is -2.16. The minimum absolute atomic E-state index is 0.0992. The summed E-state index contributed by atoms with van der Waals surface area (Å²) in [6.07, 6.45) is 1.99. The molecule has 0 aliphatic carbocycles. The van der Waals surface area contributed by atoms with Crippen LogP contribution in [0.4, 0.5) is 0 Å². The van der Waals surface area contributed by atoms with Crippen molar-refractivity contribution in [3.63, 3.8) is 0 Å². The van der Waals surface area contributed by atoms with Gasteiger partial charge in [0.25, 0.3) is 0 Å². The molecule has 0 fully saturated rings. The van der Waals surface area contributed by atoms with Crippen LogP contribution >= 0.6 is 0 Å². The van der Waals surface area contributed by atoms with Crippen molar-refractivity contribution in [1.29, 1.82) is 0 Å². The molecule has 0 bridgehead atoms. The number of rotatable bonds is 2. The molecule has 1 aliphatic heterocycles. The first-order valence-corrected chi connectivity index (χ1v) is 4.82. The fraction of sp³-hybridized carbons (Fsp3) is 0.250. The third-order valence-electron chi connectivity index (χ3n) is 2.27. The molecule has 0 N–H and O–H groups in total. The summed E-state index contributed by atoms with van der Waals surface area (Å²) in [6, 6.07) is 7.50. The molecule has 0 radical (unpaired) electrons. The second-order valence-electron chi connectivity index (χ2n) is 3.27. The van der Waals surface area contributed by atoms with E-state index in [0.29, 0.717) is 18.8 Å². The van der Waals surface area contributed by atoms with Gasteiger partial charge in [0, 0.05) is 12.5 Å². The molecule has 0 amide bonds. The van der Waals surface area contributed by atoms with E-state index in [1.165, 1.54) is 6.08 Å². The highest BCUT2D eigenvalue weighted by atomic mass is 16.5. The Morgan fingerprint density at radius 1 is 1.33 bits per heavy atom. The maximum atomic E-state index is 11.2. The van der Waals surface area contributed by atoms with Crippen LogP contribution in [0, 0.1) is 0 Å². The monoisotopic (exact) mass is 204 g/mol. The van der Waals surface area contributed by atoms with Crippen LogP contribution < -0.4 is 4.74 Å². The number of ether oxygens (including phenoxy) is 2. The molecule has 0 saturated heterocycles. The highest BCUT2D eigenvalue weighted by Gasteiger charge is 2.15. The lowest BCUT2D eigenvalue weighted by molar-refractivity contribution is -0.115. The number of para-hydroxylation sites is 1. The van der Waals surface area contributed by atoms with Crippen LogP contribution in [-0.2, 0) is 9.53 Å². The maximum Gasteiger partial charge on any atom is 0.162 e. The summed E-state index contributed by atoms with van der Waals surface area (Å²) >= 11 is 0. The van der Waals surface area contributed by atoms with Crippen molar-refractivity contribution in [3.05, 3.63) is 35.9 Å². The Morgan fingerprint density at radius 3 is 2.87 bits per heavy atom. The van der Waals surface area contributed by atoms with E-state index in [1.807, 2.05) is 24.3 Å². The lowest BCUT2D eigenvalue weighted by Crippen LogP contribution is -2.09. The highest BCUT2D eigenvalue weighted by molar-refractivity contribution is 5.97. The van der Waals surface area contributed by atoms with Crippen molar-refractivity contribution in [2.45, 2.75) is 6.42 Å². The first kappa shape index (κ1) is 9.77. The van der Waals surface area contributed by atoms with E-state index >= 15 is 0 Å². The Labute approximate surface area is 88.3 Å². The fourth-order valence-electron chi connectivity index (χ4n) is 1.53. The van der Waals surface area contributed by atoms with Crippen molar-refractivity contribution in [3.8, 4) is 5.75 Å². The SMILES string of the molecule is COc1ccccc1C1=CC(=O)CCO1. The smallest absolute Gasteiger partial charge is 0.162 e. The standard InChI is InChI=1S/C12H12O3/c1-14-11-5-3-2-4-10(11)12-8-9(13)6-7-15-12/h2-5,8H,6-7H2,1H3. The Hall–Kier alpha value is -1.77. The first-order chi connectivity index (χ1) is 7.31. The predicted octanol–water partition coefficient (Wildman–Crippen LogP) is 2.03. The summed E-state index contributed by atoms with van der Waals surface area (Å²) in [5.74, 6) is 1.42. The minimum Gasteiger partial charge on any atom is -0.496 e. The van der Waals surface area contributed by atoms with E-state index in [1.54, 1.807) is 7.11 Å². The Balaban J connectivity index is 2.40. The zero-order valence-corrected chi connectivity index (χ0v) is 8.53. The molecule has 1 aromatic rings. The van der Waals surface area contributed by atoms with E-state index in [4.69, 9.17) is 9.47 Å². The van der Waals surface area contributed by atoms with Crippen molar-refractivity contribution in [2.24, 2.45) is 0 Å². The molecule has 1 aliphatic rings. The van der Waals surface area contributed by atoms with Gasteiger partial charge >= 0.3 is 0 Å². The zero-order chi connectivity index (χ0) is 10.7. The minimum atomic E-state index is 0.0992. The summed E-state index contributed by atoms with van der Waals surface area (Å²) in [5, 5.41) is 0. The molecule has 1 aromatic carbocycles. The molecule has 1 heterocycles. The number of methoxy groups -OCH3 is 1. The van der Waals surface area contributed by atoms with Gasteiger partial charge in [-0.25, -0.2) is 0 Å². The Morgan fingerprint density at radius 2 is 2.13 bits per heavy atom. The summed E-state index contributed by atoms with van der Waals surface area (Å²) in [7, 11) is 1.60. The third kappa shape index (κ3) is 2.01. The van der Waals surface area contributed by atoms with Crippen molar-refractivity contribution < 1.29 is 14.3 Å². The molecule has 0 aromatic heterocycles. The number of carbonyl (C=O) groups is 1. The molecule has 3 heteroatoms. The summed E-state index contributed by atoms with van der Waals surface area (Å²) < 4.78 is 10.6. The summed E-state index contributed by atoms with van der Waals surface area (Å²) in [4.78, 5) is 11.2. The van der Waals surface area contributed by atoms with Crippen LogP contribution in [0.5, 0.6) is 5.75 Å². The van der Waals surface area contributed by atoms with Gasteiger partial charge in [-0.05, 0) is 12.1 Å². The van der Waals surface area contributed by atoms with E-state index in [-0.39, 0.29) is 5.78 Å².